The maximum absolute atomic E-state index is 6.05. The fourth-order valence-electron chi connectivity index (χ4n) is 2.42. The van der Waals surface area contributed by atoms with Crippen LogP contribution in [-0.2, 0) is 6.42 Å². The minimum absolute atomic E-state index is 0.293. The maximum atomic E-state index is 6.05. The third-order valence-electron chi connectivity index (χ3n) is 3.23. The Morgan fingerprint density at radius 2 is 2.29 bits per heavy atom. The molecular weight excluding hydrogens is 393 g/mol. The van der Waals surface area contributed by atoms with Crippen molar-refractivity contribution in [3.8, 4) is 0 Å². The number of hydrogen-bond acceptors (Lipinski definition) is 2. The van der Waals surface area contributed by atoms with Crippen LogP contribution in [-0.4, -0.2) is 9.78 Å². The Kier molecular flexibility index (Phi) is 2.90. The van der Waals surface area contributed by atoms with Crippen LogP contribution in [0.3, 0.4) is 0 Å². The third kappa shape index (κ3) is 1.89. The summed E-state index contributed by atoms with van der Waals surface area (Å²) in [7, 11) is 0. The van der Waals surface area contributed by atoms with Gasteiger partial charge in [-0.2, -0.15) is 5.10 Å². The number of aryl methyl sites for hydroxylation is 1. The van der Waals surface area contributed by atoms with E-state index in [1.807, 2.05) is 10.9 Å². The molecule has 17 heavy (non-hydrogen) atoms. The summed E-state index contributed by atoms with van der Waals surface area (Å²) in [5.74, 6) is 0.770. The summed E-state index contributed by atoms with van der Waals surface area (Å²) in [6, 6.07) is 6.74. The van der Waals surface area contributed by atoms with Crippen molar-refractivity contribution in [1.29, 1.82) is 0 Å². The molecule has 1 aliphatic carbocycles. The summed E-state index contributed by atoms with van der Waals surface area (Å²) in [6.07, 6.45) is 4.00. The normalized spacial score (nSPS) is 18.4. The first kappa shape index (κ1) is 11.5. The lowest BCUT2D eigenvalue weighted by Crippen LogP contribution is -2.12. The van der Waals surface area contributed by atoms with E-state index in [0.717, 1.165) is 26.7 Å². The fraction of sp³-hybridized carbons (Fsp3) is 0.250. The Bertz CT molecular complexity index is 579. The lowest BCUT2D eigenvalue weighted by atomic mass is 10.1. The van der Waals surface area contributed by atoms with E-state index in [1.165, 1.54) is 11.1 Å². The van der Waals surface area contributed by atoms with Gasteiger partial charge >= 0.3 is 0 Å². The lowest BCUT2D eigenvalue weighted by molar-refractivity contribution is 0.527. The topological polar surface area (TPSA) is 43.8 Å². The molecule has 0 spiro atoms. The Morgan fingerprint density at radius 1 is 1.47 bits per heavy atom. The quantitative estimate of drug-likeness (QED) is 0.742. The molecule has 0 aliphatic heterocycles. The van der Waals surface area contributed by atoms with Gasteiger partial charge in [0.25, 0.3) is 0 Å². The Hall–Kier alpha value is -0.560. The molecule has 1 unspecified atom stereocenters. The lowest BCUT2D eigenvalue weighted by Gasteiger charge is -2.14. The van der Waals surface area contributed by atoms with Gasteiger partial charge in [-0.05, 0) is 58.7 Å². The highest BCUT2D eigenvalue weighted by atomic mass is 127. The molecule has 1 heterocycles. The van der Waals surface area contributed by atoms with Crippen molar-refractivity contribution < 1.29 is 0 Å². The van der Waals surface area contributed by atoms with Crippen molar-refractivity contribution in [3.63, 3.8) is 0 Å². The zero-order chi connectivity index (χ0) is 12.0. The predicted molar refractivity (Wildman–Crippen MR) is 80.0 cm³/mol. The standard InChI is InChI=1S/C12H11BrIN3/c13-8-2-3-9-7(5-8)1-4-11(9)17-12(15)10(14)6-16-17/h2-3,5-6,11H,1,4,15H2. The molecule has 0 radical (unpaired) electrons. The van der Waals surface area contributed by atoms with Gasteiger partial charge in [-0.25, -0.2) is 4.68 Å². The van der Waals surface area contributed by atoms with Gasteiger partial charge in [0.15, 0.2) is 0 Å². The van der Waals surface area contributed by atoms with E-state index in [0.29, 0.717) is 6.04 Å². The SMILES string of the molecule is Nc1c(I)cnn1C1CCc2cc(Br)ccc21. The van der Waals surface area contributed by atoms with Crippen molar-refractivity contribution in [2.75, 3.05) is 5.73 Å². The molecule has 1 aromatic carbocycles. The van der Waals surface area contributed by atoms with Crippen molar-refractivity contribution in [1.82, 2.24) is 9.78 Å². The van der Waals surface area contributed by atoms with E-state index in [1.54, 1.807) is 0 Å². The van der Waals surface area contributed by atoms with E-state index < -0.39 is 0 Å². The molecule has 0 saturated carbocycles. The number of aromatic nitrogens is 2. The van der Waals surface area contributed by atoms with E-state index in [2.05, 4.69) is 61.8 Å². The fourth-order valence-corrected chi connectivity index (χ4v) is 3.20. The molecule has 3 nitrogen and oxygen atoms in total. The first-order valence-electron chi connectivity index (χ1n) is 5.43. The minimum atomic E-state index is 0.293. The number of halogens is 2. The van der Waals surface area contributed by atoms with Crippen LogP contribution >= 0.6 is 38.5 Å². The van der Waals surface area contributed by atoms with Crippen molar-refractivity contribution in [2.24, 2.45) is 0 Å². The molecule has 0 amide bonds. The summed E-state index contributed by atoms with van der Waals surface area (Å²) >= 11 is 5.73. The Labute approximate surface area is 122 Å². The van der Waals surface area contributed by atoms with E-state index >= 15 is 0 Å². The van der Waals surface area contributed by atoms with Gasteiger partial charge in [-0.3, -0.25) is 0 Å². The van der Waals surface area contributed by atoms with Crippen LogP contribution in [0.25, 0.3) is 0 Å². The van der Waals surface area contributed by atoms with Gasteiger partial charge in [0.2, 0.25) is 0 Å². The number of benzene rings is 1. The second-order valence-corrected chi connectivity index (χ2v) is 6.30. The van der Waals surface area contributed by atoms with E-state index in [-0.39, 0.29) is 0 Å². The average Bonchev–Trinajstić information content (AvgIpc) is 2.84. The summed E-state index contributed by atoms with van der Waals surface area (Å²) in [5.41, 5.74) is 8.80. The molecule has 1 atom stereocenters. The number of hydrogen-bond donors (Lipinski definition) is 1. The van der Waals surface area contributed by atoms with Crippen LogP contribution in [0, 0.1) is 3.57 Å². The molecule has 88 valence electrons. The number of anilines is 1. The Morgan fingerprint density at radius 3 is 3.00 bits per heavy atom. The highest BCUT2D eigenvalue weighted by Gasteiger charge is 2.26. The van der Waals surface area contributed by atoms with Crippen molar-refractivity contribution >= 4 is 44.3 Å². The van der Waals surface area contributed by atoms with Crippen LogP contribution in [0.1, 0.15) is 23.6 Å². The molecule has 0 fully saturated rings. The van der Waals surface area contributed by atoms with Crippen molar-refractivity contribution in [3.05, 3.63) is 43.6 Å². The van der Waals surface area contributed by atoms with E-state index in [4.69, 9.17) is 5.73 Å². The van der Waals surface area contributed by atoms with Gasteiger partial charge in [-0.15, -0.1) is 0 Å². The molecule has 5 heteroatoms. The minimum Gasteiger partial charge on any atom is -0.383 e. The van der Waals surface area contributed by atoms with Gasteiger partial charge in [0, 0.05) is 4.47 Å². The smallest absolute Gasteiger partial charge is 0.135 e. The van der Waals surface area contributed by atoms with Crippen molar-refractivity contribution in [2.45, 2.75) is 18.9 Å². The predicted octanol–water partition coefficient (Wildman–Crippen LogP) is 3.37. The number of rotatable bonds is 1. The summed E-state index contributed by atoms with van der Waals surface area (Å²) in [4.78, 5) is 0. The van der Waals surface area contributed by atoms with Gasteiger partial charge in [0.1, 0.15) is 5.82 Å². The van der Waals surface area contributed by atoms with Crippen LogP contribution in [0.2, 0.25) is 0 Å². The van der Waals surface area contributed by atoms with Gasteiger partial charge in [0.05, 0.1) is 15.8 Å². The zero-order valence-corrected chi connectivity index (χ0v) is 12.8. The van der Waals surface area contributed by atoms with E-state index in [9.17, 15) is 0 Å². The molecule has 2 aromatic rings. The molecule has 0 saturated heterocycles. The van der Waals surface area contributed by atoms with Gasteiger partial charge < -0.3 is 5.73 Å². The highest BCUT2D eigenvalue weighted by Crippen LogP contribution is 2.37. The largest absolute Gasteiger partial charge is 0.383 e. The first-order valence-corrected chi connectivity index (χ1v) is 7.31. The number of fused-ring (bicyclic) bond motifs is 1. The third-order valence-corrected chi connectivity index (χ3v) is 4.56. The summed E-state index contributed by atoms with van der Waals surface area (Å²) in [6.45, 7) is 0. The van der Waals surface area contributed by atoms with Crippen LogP contribution in [0.4, 0.5) is 5.82 Å². The Balaban J connectivity index is 2.07. The molecule has 1 aliphatic rings. The summed E-state index contributed by atoms with van der Waals surface area (Å²) < 4.78 is 4.11. The van der Waals surface area contributed by atoms with Crippen LogP contribution in [0.15, 0.2) is 28.9 Å². The zero-order valence-electron chi connectivity index (χ0n) is 9.03. The average molecular weight is 404 g/mol. The molecular formula is C12H11BrIN3. The van der Waals surface area contributed by atoms with Crippen LogP contribution < -0.4 is 5.73 Å². The van der Waals surface area contributed by atoms with Gasteiger partial charge in [-0.1, -0.05) is 22.0 Å². The molecule has 1 aromatic heterocycles. The second kappa shape index (κ2) is 4.28. The monoisotopic (exact) mass is 403 g/mol. The summed E-state index contributed by atoms with van der Waals surface area (Å²) in [5, 5.41) is 4.39. The number of nitrogens with two attached hydrogens (primary N) is 1. The second-order valence-electron chi connectivity index (χ2n) is 4.22. The first-order chi connectivity index (χ1) is 8.16. The maximum Gasteiger partial charge on any atom is 0.135 e. The number of nitrogens with zero attached hydrogens (tertiary/aromatic N) is 2. The van der Waals surface area contributed by atoms with Crippen LogP contribution in [0.5, 0.6) is 0 Å². The number of nitrogen functional groups attached to an aromatic ring is 1. The molecule has 3 rings (SSSR count). The molecule has 0 bridgehead atoms. The highest BCUT2D eigenvalue weighted by molar-refractivity contribution is 14.1. The molecule has 2 N–H and O–H groups in total.